The van der Waals surface area contributed by atoms with Gasteiger partial charge in [-0.25, -0.2) is 9.13 Å². The Kier molecular flexibility index (Phi) is 73.5. The summed E-state index contributed by atoms with van der Waals surface area (Å²) in [5.74, 6) is -1.34. The summed E-state index contributed by atoms with van der Waals surface area (Å²) in [6.07, 6.45) is 66.5. The van der Waals surface area contributed by atoms with Crippen LogP contribution in [0.15, 0.2) is 0 Å². The van der Waals surface area contributed by atoms with Crippen LogP contribution in [0.25, 0.3) is 0 Å². The van der Waals surface area contributed by atoms with Crippen molar-refractivity contribution >= 4 is 39.5 Å². The largest absolute Gasteiger partial charge is 0.472 e. The van der Waals surface area contributed by atoms with Gasteiger partial charge in [-0.15, -0.1) is 0 Å². The predicted octanol–water partition coefficient (Wildman–Crippen LogP) is 24.8. The lowest BCUT2D eigenvalue weighted by Gasteiger charge is -2.21. The second-order valence-corrected chi connectivity index (χ2v) is 32.9. The highest BCUT2D eigenvalue weighted by atomic mass is 31.2. The van der Waals surface area contributed by atoms with Crippen molar-refractivity contribution in [2.45, 2.75) is 457 Å². The number of esters is 4. The summed E-state index contributed by atoms with van der Waals surface area (Å²) >= 11 is 0. The van der Waals surface area contributed by atoms with E-state index in [4.69, 9.17) is 37.0 Å². The maximum absolute atomic E-state index is 13.1. The first kappa shape index (κ1) is 99.1. The molecule has 0 amide bonds. The van der Waals surface area contributed by atoms with Gasteiger partial charge in [-0.1, -0.05) is 388 Å². The Morgan fingerprint density at radius 2 is 0.455 bits per heavy atom. The average molecular weight is 1480 g/mol. The van der Waals surface area contributed by atoms with Gasteiger partial charge in [0.2, 0.25) is 0 Å². The van der Waals surface area contributed by atoms with Crippen molar-refractivity contribution in [1.29, 1.82) is 0 Å². The molecule has 3 N–H and O–H groups in total. The fourth-order valence-electron chi connectivity index (χ4n) is 12.8. The highest BCUT2D eigenvalue weighted by molar-refractivity contribution is 7.47. The number of phosphoric ester groups is 2. The number of unbranched alkanes of at least 4 members (excludes halogenated alkanes) is 54. The van der Waals surface area contributed by atoms with E-state index in [0.717, 1.165) is 95.8 Å². The second-order valence-electron chi connectivity index (χ2n) is 30.0. The van der Waals surface area contributed by atoms with E-state index in [2.05, 4.69) is 34.6 Å². The molecular weight excluding hydrogens is 1320 g/mol. The molecule has 600 valence electrons. The first-order chi connectivity index (χ1) is 49.0. The fraction of sp³-hybridized carbons (Fsp3) is 0.951. The lowest BCUT2D eigenvalue weighted by Crippen LogP contribution is -2.30. The van der Waals surface area contributed by atoms with Gasteiger partial charge in [0.25, 0.3) is 0 Å². The van der Waals surface area contributed by atoms with Crippen LogP contribution in [0.4, 0.5) is 0 Å². The summed E-state index contributed by atoms with van der Waals surface area (Å²) < 4.78 is 68.8. The highest BCUT2D eigenvalue weighted by Gasteiger charge is 2.30. The molecule has 101 heavy (non-hydrogen) atoms. The Labute approximate surface area is 619 Å². The first-order valence-electron chi connectivity index (χ1n) is 42.6. The lowest BCUT2D eigenvalue weighted by molar-refractivity contribution is -0.161. The number of aliphatic hydroxyl groups excluding tert-OH is 1. The van der Waals surface area contributed by atoms with Crippen LogP contribution in [-0.4, -0.2) is 96.7 Å². The van der Waals surface area contributed by atoms with Crippen molar-refractivity contribution in [1.82, 2.24) is 0 Å². The van der Waals surface area contributed by atoms with Crippen molar-refractivity contribution in [3.63, 3.8) is 0 Å². The number of hydrogen-bond acceptors (Lipinski definition) is 15. The van der Waals surface area contributed by atoms with Crippen LogP contribution in [0, 0.1) is 5.92 Å². The van der Waals surface area contributed by atoms with Crippen molar-refractivity contribution in [2.75, 3.05) is 39.6 Å². The molecule has 0 saturated heterocycles. The van der Waals surface area contributed by atoms with Gasteiger partial charge in [0.15, 0.2) is 12.2 Å². The van der Waals surface area contributed by atoms with Gasteiger partial charge in [0.1, 0.15) is 19.3 Å². The quantitative estimate of drug-likeness (QED) is 0.0222. The summed E-state index contributed by atoms with van der Waals surface area (Å²) in [6, 6.07) is 0. The summed E-state index contributed by atoms with van der Waals surface area (Å²) in [7, 11) is -9.92. The number of rotatable bonds is 82. The highest BCUT2D eigenvalue weighted by Crippen LogP contribution is 2.45. The van der Waals surface area contributed by atoms with Gasteiger partial charge in [-0.05, 0) is 31.6 Å². The number of hydrogen-bond donors (Lipinski definition) is 3. The predicted molar refractivity (Wildman–Crippen MR) is 414 cm³/mol. The van der Waals surface area contributed by atoms with Crippen LogP contribution in [0.5, 0.6) is 0 Å². The molecule has 17 nitrogen and oxygen atoms in total. The van der Waals surface area contributed by atoms with Crippen LogP contribution < -0.4 is 0 Å². The minimum atomic E-state index is -4.96. The van der Waals surface area contributed by atoms with E-state index in [0.29, 0.717) is 25.7 Å². The van der Waals surface area contributed by atoms with Crippen molar-refractivity contribution in [3.8, 4) is 0 Å². The number of ether oxygens (including phenoxy) is 4. The maximum atomic E-state index is 13.1. The van der Waals surface area contributed by atoms with E-state index in [-0.39, 0.29) is 25.7 Å². The minimum absolute atomic E-state index is 0.108. The average Bonchev–Trinajstić information content (AvgIpc) is 0.926. The van der Waals surface area contributed by atoms with Crippen LogP contribution in [0.3, 0.4) is 0 Å². The van der Waals surface area contributed by atoms with E-state index in [1.54, 1.807) is 0 Å². The SMILES string of the molecule is CCCCCCCCCCCCCCCCCCCCCCC(=O)O[C@H](COC(=O)CCCCCCCCCCCCCCCC)COP(=O)(O)OC[C@@H](O)COP(=O)(O)OC[C@@H](COC(=O)CCCCCCCCCCCCC(C)C)OC(=O)CCCCCCCCCCCCCCCC. The molecule has 0 bridgehead atoms. The molecule has 19 heteroatoms. The molecule has 0 fully saturated rings. The van der Waals surface area contributed by atoms with E-state index in [1.807, 2.05) is 0 Å². The topological polar surface area (TPSA) is 237 Å². The Morgan fingerprint density at radius 3 is 0.673 bits per heavy atom. The Balaban J connectivity index is 5.24. The third-order valence-corrected chi connectivity index (χ3v) is 21.2. The van der Waals surface area contributed by atoms with Gasteiger partial charge in [0, 0.05) is 25.7 Å². The zero-order valence-electron chi connectivity index (χ0n) is 66.1. The normalized spacial score (nSPS) is 13.8. The Hall–Kier alpha value is -1.94. The third-order valence-electron chi connectivity index (χ3n) is 19.3. The van der Waals surface area contributed by atoms with Crippen LogP contribution in [0.1, 0.15) is 439 Å². The summed E-state index contributed by atoms with van der Waals surface area (Å²) in [5, 5.41) is 10.7. The van der Waals surface area contributed by atoms with Crippen molar-refractivity contribution in [3.05, 3.63) is 0 Å². The summed E-state index contributed by atoms with van der Waals surface area (Å²) in [4.78, 5) is 73.1. The van der Waals surface area contributed by atoms with E-state index in [1.165, 1.54) is 263 Å². The molecule has 0 aliphatic carbocycles. The Bertz CT molecular complexity index is 1930. The Morgan fingerprint density at radius 1 is 0.267 bits per heavy atom. The molecule has 0 aliphatic rings. The smallest absolute Gasteiger partial charge is 0.462 e. The fourth-order valence-corrected chi connectivity index (χ4v) is 14.3. The molecule has 0 rings (SSSR count). The molecule has 0 aromatic heterocycles. The second kappa shape index (κ2) is 74.9. The first-order valence-corrected chi connectivity index (χ1v) is 45.6. The van der Waals surface area contributed by atoms with Gasteiger partial charge in [-0.3, -0.25) is 37.3 Å². The molecule has 0 aliphatic heterocycles. The molecule has 0 aromatic rings. The number of carbonyl (C=O) groups is 4. The summed E-state index contributed by atoms with van der Waals surface area (Å²) in [5.41, 5.74) is 0. The molecule has 0 saturated carbocycles. The molecule has 0 aromatic carbocycles. The standard InChI is InChI=1S/C82H160O17P2/c1-6-9-12-15-18-21-24-27-30-31-32-33-34-35-38-41-48-53-58-63-68-82(87)98-77(71-92-79(84)65-60-55-50-45-39-36-28-25-22-19-16-13-10-7-2)73-96-100(88,89)94-69-76(83)70-95-101(90,91)97-74-78(72-93-80(85)66-61-56-51-46-43-42-44-49-54-59-64-75(4)5)99-81(86)67-62-57-52-47-40-37-29-26-23-20-17-14-11-8-3/h75-78,83H,6-74H2,1-5H3,(H,88,89)(H,90,91)/t76-,77-,78-/m1/s1. The molecule has 0 radical (unpaired) electrons. The minimum Gasteiger partial charge on any atom is -0.462 e. The maximum Gasteiger partial charge on any atom is 0.472 e. The van der Waals surface area contributed by atoms with Gasteiger partial charge in [-0.2, -0.15) is 0 Å². The van der Waals surface area contributed by atoms with E-state index in [9.17, 15) is 43.2 Å². The third kappa shape index (κ3) is 76.1. The summed E-state index contributed by atoms with van der Waals surface area (Å²) in [6.45, 7) is 7.34. The monoisotopic (exact) mass is 1480 g/mol. The zero-order valence-corrected chi connectivity index (χ0v) is 67.8. The number of phosphoric acid groups is 2. The molecule has 0 spiro atoms. The molecular formula is C82H160O17P2. The van der Waals surface area contributed by atoms with E-state index < -0.39 is 97.5 Å². The zero-order chi connectivity index (χ0) is 74.1. The van der Waals surface area contributed by atoms with Gasteiger partial charge >= 0.3 is 39.5 Å². The molecule has 5 atom stereocenters. The van der Waals surface area contributed by atoms with Crippen molar-refractivity contribution in [2.24, 2.45) is 5.92 Å². The van der Waals surface area contributed by atoms with Gasteiger partial charge < -0.3 is 33.8 Å². The molecule has 0 heterocycles. The van der Waals surface area contributed by atoms with Gasteiger partial charge in [0.05, 0.1) is 26.4 Å². The van der Waals surface area contributed by atoms with Crippen molar-refractivity contribution < 1.29 is 80.2 Å². The van der Waals surface area contributed by atoms with Crippen LogP contribution in [-0.2, 0) is 65.4 Å². The van der Waals surface area contributed by atoms with Crippen LogP contribution >= 0.6 is 15.6 Å². The number of aliphatic hydroxyl groups is 1. The lowest BCUT2D eigenvalue weighted by atomic mass is 10.0. The molecule has 2 unspecified atom stereocenters. The van der Waals surface area contributed by atoms with Crippen LogP contribution in [0.2, 0.25) is 0 Å². The van der Waals surface area contributed by atoms with E-state index >= 15 is 0 Å². The number of carbonyl (C=O) groups excluding carboxylic acids is 4.